The second kappa shape index (κ2) is 7.80. The van der Waals surface area contributed by atoms with Gasteiger partial charge in [-0.25, -0.2) is 15.6 Å². The number of β-amino-alcohol motifs (C(OH)–C–C–N with tert-alkyl or cyclic N) is 1. The number of hydrogen-bond donors (Lipinski definition) is 4. The van der Waals surface area contributed by atoms with E-state index in [4.69, 9.17) is 10.6 Å². The first-order valence-corrected chi connectivity index (χ1v) is 8.73. The molecule has 2 aliphatic rings. The number of nitrogens with zero attached hydrogens (tertiary/aromatic N) is 3. The van der Waals surface area contributed by atoms with E-state index < -0.39 is 30.2 Å². The molecule has 3 unspecified atom stereocenters. The van der Waals surface area contributed by atoms with Crippen molar-refractivity contribution in [3.63, 3.8) is 0 Å². The van der Waals surface area contributed by atoms with Gasteiger partial charge in [0.15, 0.2) is 12.2 Å². The Morgan fingerprint density at radius 3 is 2.93 bits per heavy atom. The lowest BCUT2D eigenvalue weighted by Crippen LogP contribution is -2.65. The summed E-state index contributed by atoms with van der Waals surface area (Å²) in [6.07, 6.45) is -0.713. The number of imide groups is 1. The van der Waals surface area contributed by atoms with Gasteiger partial charge in [-0.2, -0.15) is 0 Å². The van der Waals surface area contributed by atoms with E-state index in [9.17, 15) is 14.7 Å². The lowest BCUT2D eigenvalue weighted by molar-refractivity contribution is -0.127. The third-order valence-corrected chi connectivity index (χ3v) is 4.65. The number of nitrogens with one attached hydrogen (secondary N) is 2. The molecule has 10 nitrogen and oxygen atoms in total. The van der Waals surface area contributed by atoms with Gasteiger partial charge in [-0.05, 0) is 24.1 Å². The Morgan fingerprint density at radius 1 is 1.44 bits per heavy atom. The minimum absolute atomic E-state index is 0.0370. The van der Waals surface area contributed by atoms with Gasteiger partial charge in [-0.1, -0.05) is 19.1 Å². The fourth-order valence-electron chi connectivity index (χ4n) is 3.17. The molecule has 3 amide bonds. The number of amides is 3. The molecule has 0 saturated carbocycles. The van der Waals surface area contributed by atoms with Crippen LogP contribution in [0.5, 0.6) is 5.75 Å². The average Bonchev–Trinajstić information content (AvgIpc) is 3.03. The topological polar surface area (TPSA) is 133 Å². The molecule has 5 N–H and O–H groups in total. The molecule has 10 heteroatoms. The summed E-state index contributed by atoms with van der Waals surface area (Å²) in [5, 5.41) is 12.7. The first kappa shape index (κ1) is 18.9. The maximum atomic E-state index is 12.3. The predicted octanol–water partition coefficient (Wildman–Crippen LogP) is -1.00. The zero-order valence-electron chi connectivity index (χ0n) is 15.3. The van der Waals surface area contributed by atoms with Crippen LogP contribution in [0.15, 0.2) is 29.3 Å². The molecule has 1 aromatic carbocycles. The van der Waals surface area contributed by atoms with E-state index >= 15 is 0 Å². The highest BCUT2D eigenvalue weighted by molar-refractivity contribution is 6.03. The maximum Gasteiger partial charge on any atom is 0.325 e. The highest BCUT2D eigenvalue weighted by Crippen LogP contribution is 2.23. The maximum absolute atomic E-state index is 12.3. The van der Waals surface area contributed by atoms with Crippen molar-refractivity contribution in [3.05, 3.63) is 29.8 Å². The van der Waals surface area contributed by atoms with E-state index in [0.717, 1.165) is 12.0 Å². The lowest BCUT2D eigenvalue weighted by atomic mass is 10.1. The number of aliphatic hydroxyl groups excluding tert-OH is 1. The van der Waals surface area contributed by atoms with Crippen molar-refractivity contribution in [1.29, 1.82) is 0 Å². The number of aliphatic hydroxyl groups is 1. The number of likely N-dealkylation sites (N-methyl/N-ethyl adjacent to an activating group) is 1. The van der Waals surface area contributed by atoms with Crippen LogP contribution in [0.2, 0.25) is 0 Å². The van der Waals surface area contributed by atoms with Crippen molar-refractivity contribution >= 4 is 17.9 Å². The summed E-state index contributed by atoms with van der Waals surface area (Å²) in [7, 11) is 1.54. The largest absolute Gasteiger partial charge is 0.491 e. The van der Waals surface area contributed by atoms with Crippen molar-refractivity contribution in [2.24, 2.45) is 10.8 Å². The molecule has 1 fully saturated rings. The Hall–Kier alpha value is -2.85. The summed E-state index contributed by atoms with van der Waals surface area (Å²) in [6, 6.07) is 6.35. The molecule has 0 bridgehead atoms. The van der Waals surface area contributed by atoms with Crippen molar-refractivity contribution in [2.45, 2.75) is 31.7 Å². The second-order valence-electron chi connectivity index (χ2n) is 6.48. The minimum atomic E-state index is -0.900. The normalized spacial score (nSPS) is 22.9. The second-order valence-corrected chi connectivity index (χ2v) is 6.48. The molecule has 0 aliphatic carbocycles. The Kier molecular flexibility index (Phi) is 5.47. The van der Waals surface area contributed by atoms with Crippen LogP contribution in [0.3, 0.4) is 0 Å². The fraction of sp³-hybridized carbons (Fsp3) is 0.471. The number of benzene rings is 1. The van der Waals surface area contributed by atoms with Crippen LogP contribution in [-0.4, -0.2) is 71.3 Å². The number of ether oxygens (including phenoxy) is 1. The van der Waals surface area contributed by atoms with Crippen LogP contribution in [0.4, 0.5) is 4.79 Å². The van der Waals surface area contributed by atoms with E-state index in [1.165, 1.54) is 4.90 Å². The molecule has 2 aliphatic heterocycles. The summed E-state index contributed by atoms with van der Waals surface area (Å²) in [5.74, 6) is 5.92. The Bertz CT molecular complexity index is 755. The summed E-state index contributed by atoms with van der Waals surface area (Å²) in [6.45, 7) is 2.15. The number of aryl methyl sites for hydroxylation is 1. The number of carbonyl (C=O) groups excluding carboxylic acids is 2. The standard InChI is InChI=1S/C17H24N6O4/c1-3-10-5-4-6-12(7-10)27-9-11(24)8-23-13-14(19-16(23)21-18)22(2)17(26)20-15(13)25/h4-7,11,13-14,24H,3,8-9,18H2,1-2H3,(H,19,21)(H,20,25,26). The number of hydrogen-bond acceptors (Lipinski definition) is 8. The van der Waals surface area contributed by atoms with Crippen molar-refractivity contribution in [2.75, 3.05) is 20.2 Å². The van der Waals surface area contributed by atoms with Crippen LogP contribution in [0, 0.1) is 0 Å². The Balaban J connectivity index is 1.65. The summed E-state index contributed by atoms with van der Waals surface area (Å²) >= 11 is 0. The number of urea groups is 1. The Labute approximate surface area is 156 Å². The predicted molar refractivity (Wildman–Crippen MR) is 97.7 cm³/mol. The van der Waals surface area contributed by atoms with Crippen LogP contribution in [0.1, 0.15) is 12.5 Å². The number of fused-ring (bicyclic) bond motifs is 1. The van der Waals surface area contributed by atoms with Crippen LogP contribution in [0.25, 0.3) is 0 Å². The molecule has 146 valence electrons. The van der Waals surface area contributed by atoms with Crippen molar-refractivity contribution in [1.82, 2.24) is 20.5 Å². The highest BCUT2D eigenvalue weighted by atomic mass is 16.5. The molecular formula is C17H24N6O4. The van der Waals surface area contributed by atoms with Gasteiger partial charge in [-0.15, -0.1) is 0 Å². The minimum Gasteiger partial charge on any atom is -0.491 e. The highest BCUT2D eigenvalue weighted by Gasteiger charge is 2.48. The first-order valence-electron chi connectivity index (χ1n) is 8.73. The van der Waals surface area contributed by atoms with Gasteiger partial charge in [0.1, 0.15) is 18.5 Å². The third kappa shape index (κ3) is 3.81. The van der Waals surface area contributed by atoms with E-state index in [1.807, 2.05) is 24.3 Å². The average molecular weight is 376 g/mol. The van der Waals surface area contributed by atoms with Crippen molar-refractivity contribution in [3.8, 4) is 5.75 Å². The molecule has 0 aromatic heterocycles. The molecule has 2 heterocycles. The summed E-state index contributed by atoms with van der Waals surface area (Å²) in [5.41, 5.74) is 3.56. The molecule has 0 spiro atoms. The summed E-state index contributed by atoms with van der Waals surface area (Å²) < 4.78 is 5.66. The van der Waals surface area contributed by atoms with Gasteiger partial charge in [-0.3, -0.25) is 15.5 Å². The van der Waals surface area contributed by atoms with Gasteiger partial charge in [0, 0.05) is 7.05 Å². The molecule has 27 heavy (non-hydrogen) atoms. The van der Waals surface area contributed by atoms with Gasteiger partial charge in [0.25, 0.3) is 5.91 Å². The Morgan fingerprint density at radius 2 is 2.22 bits per heavy atom. The summed E-state index contributed by atoms with van der Waals surface area (Å²) in [4.78, 5) is 31.2. The van der Waals surface area contributed by atoms with E-state index in [1.54, 1.807) is 11.9 Å². The van der Waals surface area contributed by atoms with E-state index in [0.29, 0.717) is 5.75 Å². The van der Waals surface area contributed by atoms with Gasteiger partial charge >= 0.3 is 6.03 Å². The number of nitrogens with two attached hydrogens (primary N) is 1. The lowest BCUT2D eigenvalue weighted by Gasteiger charge is -2.36. The molecule has 3 atom stereocenters. The molecule has 3 rings (SSSR count). The van der Waals surface area contributed by atoms with Gasteiger partial charge < -0.3 is 19.6 Å². The van der Waals surface area contributed by atoms with E-state index in [-0.39, 0.29) is 19.1 Å². The zero-order chi connectivity index (χ0) is 19.6. The zero-order valence-corrected chi connectivity index (χ0v) is 15.3. The van der Waals surface area contributed by atoms with Gasteiger partial charge in [0.05, 0.1) is 6.54 Å². The quantitative estimate of drug-likeness (QED) is 0.370. The number of guanidine groups is 1. The number of rotatable bonds is 6. The molecular weight excluding hydrogens is 352 g/mol. The SMILES string of the molecule is CCc1cccc(OCC(O)CN2C(NN)=NC3C2C(=O)NC(=O)N3C)c1. The monoisotopic (exact) mass is 376 g/mol. The van der Waals surface area contributed by atoms with Crippen LogP contribution >= 0.6 is 0 Å². The number of hydrazine groups is 1. The first-order chi connectivity index (χ1) is 12.9. The molecule has 1 aromatic rings. The van der Waals surface area contributed by atoms with Gasteiger partial charge in [0.2, 0.25) is 5.96 Å². The molecule has 1 saturated heterocycles. The van der Waals surface area contributed by atoms with Crippen LogP contribution in [-0.2, 0) is 11.2 Å². The van der Waals surface area contributed by atoms with Crippen molar-refractivity contribution < 1.29 is 19.4 Å². The number of carbonyl (C=O) groups is 2. The molecule has 0 radical (unpaired) electrons. The number of aliphatic imine (C=N–C) groups is 1. The fourth-order valence-corrected chi connectivity index (χ4v) is 3.17. The third-order valence-electron chi connectivity index (χ3n) is 4.65. The van der Waals surface area contributed by atoms with E-state index in [2.05, 4.69) is 22.7 Å². The smallest absolute Gasteiger partial charge is 0.325 e. The van der Waals surface area contributed by atoms with Crippen LogP contribution < -0.4 is 21.3 Å².